The van der Waals surface area contributed by atoms with Gasteiger partial charge in [-0.15, -0.1) is 0 Å². The van der Waals surface area contributed by atoms with E-state index in [0.29, 0.717) is 5.92 Å². The van der Waals surface area contributed by atoms with Crippen molar-refractivity contribution in [1.82, 2.24) is 0 Å². The Morgan fingerprint density at radius 1 is 1.33 bits per heavy atom. The monoisotopic (exact) mass is 309 g/mol. The molecular formula is C16H24BrN. The summed E-state index contributed by atoms with van der Waals surface area (Å²) < 4.78 is 1.15. The molecule has 100 valence electrons. The number of benzene rings is 1. The van der Waals surface area contributed by atoms with Gasteiger partial charge in [0.15, 0.2) is 0 Å². The van der Waals surface area contributed by atoms with Gasteiger partial charge in [0, 0.05) is 10.5 Å². The first kappa shape index (κ1) is 14.1. The van der Waals surface area contributed by atoms with Crippen molar-refractivity contribution in [1.29, 1.82) is 0 Å². The topological polar surface area (TPSA) is 26.0 Å². The highest BCUT2D eigenvalue weighted by molar-refractivity contribution is 9.10. The minimum Gasteiger partial charge on any atom is -0.324 e. The van der Waals surface area contributed by atoms with Crippen LogP contribution in [0.1, 0.15) is 56.2 Å². The Bertz CT molecular complexity index is 402. The molecule has 1 aliphatic carbocycles. The molecule has 0 aliphatic heterocycles. The average Bonchev–Trinajstić information content (AvgIpc) is 2.38. The van der Waals surface area contributed by atoms with E-state index in [2.05, 4.69) is 48.0 Å². The predicted octanol–water partition coefficient (Wildman–Crippen LogP) is 4.97. The molecule has 3 unspecified atom stereocenters. The lowest BCUT2D eigenvalue weighted by molar-refractivity contribution is 0.196. The van der Waals surface area contributed by atoms with Gasteiger partial charge < -0.3 is 5.73 Å². The van der Waals surface area contributed by atoms with Crippen molar-refractivity contribution in [3.05, 3.63) is 33.8 Å². The van der Waals surface area contributed by atoms with Gasteiger partial charge in [0.1, 0.15) is 0 Å². The van der Waals surface area contributed by atoms with Crippen molar-refractivity contribution in [2.45, 2.75) is 52.0 Å². The molecule has 1 fully saturated rings. The predicted molar refractivity (Wildman–Crippen MR) is 81.5 cm³/mol. The van der Waals surface area contributed by atoms with E-state index in [1.54, 1.807) is 0 Å². The maximum Gasteiger partial charge on any atom is 0.0328 e. The largest absolute Gasteiger partial charge is 0.324 e. The van der Waals surface area contributed by atoms with Crippen molar-refractivity contribution in [2.75, 3.05) is 0 Å². The molecule has 1 saturated carbocycles. The maximum absolute atomic E-state index is 6.57. The summed E-state index contributed by atoms with van der Waals surface area (Å²) in [5, 5.41) is 0. The molecule has 0 amide bonds. The van der Waals surface area contributed by atoms with Crippen LogP contribution in [0.2, 0.25) is 0 Å². The van der Waals surface area contributed by atoms with Crippen LogP contribution in [0.3, 0.4) is 0 Å². The second-order valence-corrected chi connectivity index (χ2v) is 6.56. The molecule has 3 atom stereocenters. The summed E-state index contributed by atoms with van der Waals surface area (Å²) >= 11 is 3.53. The van der Waals surface area contributed by atoms with E-state index in [-0.39, 0.29) is 6.04 Å². The van der Waals surface area contributed by atoms with Crippen LogP contribution in [0, 0.1) is 18.8 Å². The van der Waals surface area contributed by atoms with Crippen molar-refractivity contribution in [3.8, 4) is 0 Å². The normalized spacial score (nSPS) is 26.0. The van der Waals surface area contributed by atoms with Crippen LogP contribution >= 0.6 is 15.9 Å². The van der Waals surface area contributed by atoms with E-state index in [1.165, 1.54) is 43.2 Å². The van der Waals surface area contributed by atoms with Crippen LogP contribution in [0.5, 0.6) is 0 Å². The summed E-state index contributed by atoms with van der Waals surface area (Å²) in [5.41, 5.74) is 9.22. The number of rotatable bonds is 3. The molecule has 0 heterocycles. The van der Waals surface area contributed by atoms with E-state index in [1.807, 2.05) is 0 Å². The molecule has 2 rings (SSSR count). The summed E-state index contributed by atoms with van der Waals surface area (Å²) in [6, 6.07) is 6.71. The summed E-state index contributed by atoms with van der Waals surface area (Å²) in [4.78, 5) is 0. The molecular weight excluding hydrogens is 286 g/mol. The van der Waals surface area contributed by atoms with Crippen molar-refractivity contribution >= 4 is 15.9 Å². The Balaban J connectivity index is 2.20. The quantitative estimate of drug-likeness (QED) is 0.837. The summed E-state index contributed by atoms with van der Waals surface area (Å²) in [6.45, 7) is 4.48. The molecule has 0 aromatic heterocycles. The fourth-order valence-corrected chi connectivity index (χ4v) is 3.94. The zero-order chi connectivity index (χ0) is 13.1. The molecule has 18 heavy (non-hydrogen) atoms. The first-order chi connectivity index (χ1) is 8.63. The number of hydrogen-bond acceptors (Lipinski definition) is 1. The lowest BCUT2D eigenvalue weighted by atomic mass is 9.72. The third-order valence-electron chi connectivity index (χ3n) is 4.54. The lowest BCUT2D eigenvalue weighted by Crippen LogP contribution is -2.30. The molecule has 0 saturated heterocycles. The van der Waals surface area contributed by atoms with Gasteiger partial charge in [-0.3, -0.25) is 0 Å². The second-order valence-electron chi connectivity index (χ2n) is 5.64. The summed E-state index contributed by atoms with van der Waals surface area (Å²) in [7, 11) is 0. The fourth-order valence-electron chi connectivity index (χ4n) is 3.46. The minimum absolute atomic E-state index is 0.211. The summed E-state index contributed by atoms with van der Waals surface area (Å²) in [5.74, 6) is 1.49. The third-order valence-corrected chi connectivity index (χ3v) is 5.04. The number of hydrogen-bond donors (Lipinski definition) is 1. The molecule has 0 radical (unpaired) electrons. The Labute approximate surface area is 119 Å². The molecule has 1 aromatic carbocycles. The first-order valence-corrected chi connectivity index (χ1v) is 7.94. The van der Waals surface area contributed by atoms with Crippen molar-refractivity contribution in [3.63, 3.8) is 0 Å². The highest BCUT2D eigenvalue weighted by Gasteiger charge is 2.30. The van der Waals surface area contributed by atoms with Crippen LogP contribution in [-0.2, 0) is 0 Å². The van der Waals surface area contributed by atoms with Crippen molar-refractivity contribution in [2.24, 2.45) is 17.6 Å². The third kappa shape index (κ3) is 2.97. The van der Waals surface area contributed by atoms with Crippen LogP contribution < -0.4 is 5.73 Å². The molecule has 2 N–H and O–H groups in total. The van der Waals surface area contributed by atoms with Crippen LogP contribution in [0.25, 0.3) is 0 Å². The van der Waals surface area contributed by atoms with Gasteiger partial charge in [-0.1, -0.05) is 54.6 Å². The average molecular weight is 310 g/mol. The Morgan fingerprint density at radius 3 is 2.72 bits per heavy atom. The Hall–Kier alpha value is -0.340. The van der Waals surface area contributed by atoms with E-state index < -0.39 is 0 Å². The number of nitrogens with two attached hydrogens (primary N) is 1. The summed E-state index contributed by atoms with van der Waals surface area (Å²) in [6.07, 6.45) is 6.68. The molecule has 0 bridgehead atoms. The van der Waals surface area contributed by atoms with Gasteiger partial charge in [-0.2, -0.15) is 0 Å². The van der Waals surface area contributed by atoms with Crippen LogP contribution in [0.4, 0.5) is 0 Å². The van der Waals surface area contributed by atoms with Gasteiger partial charge in [0.2, 0.25) is 0 Å². The van der Waals surface area contributed by atoms with Gasteiger partial charge in [-0.25, -0.2) is 0 Å². The zero-order valence-electron chi connectivity index (χ0n) is 11.5. The maximum atomic E-state index is 6.57. The molecule has 1 nitrogen and oxygen atoms in total. The second kappa shape index (κ2) is 6.21. The van der Waals surface area contributed by atoms with E-state index in [4.69, 9.17) is 5.73 Å². The fraction of sp³-hybridized carbons (Fsp3) is 0.625. The van der Waals surface area contributed by atoms with E-state index in [0.717, 1.165) is 10.4 Å². The molecule has 2 heteroatoms. The first-order valence-electron chi connectivity index (χ1n) is 7.15. The lowest BCUT2D eigenvalue weighted by Gasteiger charge is -2.35. The van der Waals surface area contributed by atoms with Gasteiger partial charge in [0.05, 0.1) is 0 Å². The molecule has 1 aromatic rings. The van der Waals surface area contributed by atoms with Crippen LogP contribution in [-0.4, -0.2) is 0 Å². The van der Waals surface area contributed by atoms with E-state index >= 15 is 0 Å². The standard InChI is InChI=1S/C16H24BrN/c1-3-12-6-4-5-7-15(12)16(18)14-9-8-13(17)10-11(14)2/h8-10,12,15-16H,3-7,18H2,1-2H3. The Morgan fingerprint density at radius 2 is 2.06 bits per heavy atom. The highest BCUT2D eigenvalue weighted by atomic mass is 79.9. The molecule has 0 spiro atoms. The Kier molecular flexibility index (Phi) is 4.85. The number of aryl methyl sites for hydroxylation is 1. The van der Waals surface area contributed by atoms with Gasteiger partial charge >= 0.3 is 0 Å². The number of halogens is 1. The van der Waals surface area contributed by atoms with Crippen LogP contribution in [0.15, 0.2) is 22.7 Å². The minimum atomic E-state index is 0.211. The smallest absolute Gasteiger partial charge is 0.0328 e. The SMILES string of the molecule is CCC1CCCCC1C(N)c1ccc(Br)cc1C. The van der Waals surface area contributed by atoms with Gasteiger partial charge in [-0.05, 0) is 48.4 Å². The van der Waals surface area contributed by atoms with E-state index in [9.17, 15) is 0 Å². The molecule has 1 aliphatic rings. The van der Waals surface area contributed by atoms with Crippen molar-refractivity contribution < 1.29 is 0 Å². The highest BCUT2D eigenvalue weighted by Crippen LogP contribution is 2.40. The van der Waals surface area contributed by atoms with Gasteiger partial charge in [0.25, 0.3) is 0 Å². The zero-order valence-corrected chi connectivity index (χ0v) is 13.0.